The Balaban J connectivity index is 2.55. The van der Waals surface area contributed by atoms with Crippen LogP contribution in [-0.2, 0) is 18.6 Å². The van der Waals surface area contributed by atoms with Crippen LogP contribution in [0.25, 0.3) is 0 Å². The summed E-state index contributed by atoms with van der Waals surface area (Å²) in [7, 11) is 0. The predicted molar refractivity (Wildman–Crippen MR) is 60.6 cm³/mol. The van der Waals surface area contributed by atoms with Gasteiger partial charge in [-0.15, -0.1) is 8.67 Å². The van der Waals surface area contributed by atoms with E-state index in [1.807, 2.05) is 0 Å². The molecule has 0 aromatic heterocycles. The number of rotatable bonds is 7. The van der Waals surface area contributed by atoms with E-state index in [-0.39, 0.29) is 10.9 Å². The van der Waals surface area contributed by atoms with Gasteiger partial charge in [0, 0.05) is 0 Å². The van der Waals surface area contributed by atoms with Crippen molar-refractivity contribution in [2.45, 2.75) is 11.0 Å². The van der Waals surface area contributed by atoms with Crippen molar-refractivity contribution in [2.24, 2.45) is 0 Å². The van der Waals surface area contributed by atoms with Gasteiger partial charge in [0.2, 0.25) is 0 Å². The van der Waals surface area contributed by atoms with Gasteiger partial charge in [-0.3, -0.25) is 0 Å². The van der Waals surface area contributed by atoms with Crippen molar-refractivity contribution in [2.75, 3.05) is 5.23 Å². The van der Waals surface area contributed by atoms with Crippen LogP contribution in [0.5, 0.6) is 0 Å². The molecule has 0 aliphatic heterocycles. The number of alkyl halides is 6. The van der Waals surface area contributed by atoms with E-state index in [9.17, 15) is 26.3 Å². The molecule has 21 heavy (non-hydrogen) atoms. The highest BCUT2D eigenvalue weighted by molar-refractivity contribution is 7.95. The molecule has 1 aromatic rings. The maximum atomic E-state index is 11.8. The summed E-state index contributed by atoms with van der Waals surface area (Å²) in [5, 5.41) is 0.0808. The van der Waals surface area contributed by atoms with Crippen LogP contribution < -0.4 is 5.23 Å². The van der Waals surface area contributed by atoms with E-state index >= 15 is 0 Å². The third-order valence-corrected chi connectivity index (χ3v) is 2.06. The van der Waals surface area contributed by atoms with Crippen molar-refractivity contribution in [1.29, 1.82) is 0 Å². The SMILES string of the molecule is FC(F)(F)SOON(OOSC(F)(F)F)c1ccccc1. The van der Waals surface area contributed by atoms with Gasteiger partial charge in [0.25, 0.3) is 0 Å². The number of halogens is 6. The molecule has 5 nitrogen and oxygen atoms in total. The van der Waals surface area contributed by atoms with E-state index < -0.39 is 35.1 Å². The Hall–Kier alpha value is -0.860. The minimum Gasteiger partial charge on any atom is -0.158 e. The minimum atomic E-state index is -4.77. The predicted octanol–water partition coefficient (Wildman–Crippen LogP) is 4.56. The maximum absolute atomic E-state index is 11.8. The zero-order chi connectivity index (χ0) is 15.9. The Labute approximate surface area is 122 Å². The van der Waals surface area contributed by atoms with Crippen LogP contribution in [0.3, 0.4) is 0 Å². The van der Waals surface area contributed by atoms with Crippen LogP contribution in [0.2, 0.25) is 0 Å². The zero-order valence-corrected chi connectivity index (χ0v) is 11.2. The van der Waals surface area contributed by atoms with Gasteiger partial charge >= 0.3 is 11.0 Å². The molecular formula is C8H5F6NO4S2. The highest BCUT2D eigenvalue weighted by Crippen LogP contribution is 2.33. The highest BCUT2D eigenvalue weighted by atomic mass is 32.2. The van der Waals surface area contributed by atoms with Crippen LogP contribution in [0.15, 0.2) is 30.3 Å². The van der Waals surface area contributed by atoms with Crippen LogP contribution in [0, 0.1) is 0 Å². The summed E-state index contributed by atoms with van der Waals surface area (Å²) in [6.45, 7) is 0. The molecule has 0 bridgehead atoms. The molecule has 0 fully saturated rings. The lowest BCUT2D eigenvalue weighted by molar-refractivity contribution is -0.362. The third-order valence-electron chi connectivity index (χ3n) is 1.42. The molecular weight excluding hydrogens is 352 g/mol. The summed E-state index contributed by atoms with van der Waals surface area (Å²) < 4.78 is 78.4. The molecule has 0 amide bonds. The fourth-order valence-corrected chi connectivity index (χ4v) is 1.14. The van der Waals surface area contributed by atoms with Gasteiger partial charge in [0.05, 0.1) is 0 Å². The lowest BCUT2D eigenvalue weighted by Crippen LogP contribution is -2.23. The molecule has 120 valence electrons. The Morgan fingerprint density at radius 3 is 1.57 bits per heavy atom. The first-order valence-corrected chi connectivity index (χ1v) is 6.19. The number of benzene rings is 1. The average Bonchev–Trinajstić information content (AvgIpc) is 2.35. The molecule has 0 atom stereocenters. The van der Waals surface area contributed by atoms with Crippen molar-refractivity contribution in [3.05, 3.63) is 30.3 Å². The van der Waals surface area contributed by atoms with Gasteiger partial charge in [0.1, 0.15) is 29.8 Å². The zero-order valence-electron chi connectivity index (χ0n) is 9.55. The van der Waals surface area contributed by atoms with E-state index in [0.717, 1.165) is 0 Å². The quantitative estimate of drug-likeness (QED) is 0.307. The second kappa shape index (κ2) is 7.95. The lowest BCUT2D eigenvalue weighted by atomic mass is 10.3. The maximum Gasteiger partial charge on any atom is 0.471 e. The van der Waals surface area contributed by atoms with E-state index in [4.69, 9.17) is 0 Å². The largest absolute Gasteiger partial charge is 0.471 e. The lowest BCUT2D eigenvalue weighted by Gasteiger charge is -2.18. The molecule has 0 N–H and O–H groups in total. The van der Waals surface area contributed by atoms with Crippen LogP contribution in [-0.4, -0.2) is 11.0 Å². The Bertz CT molecular complexity index is 397. The standard InChI is InChI=1S/C8H5F6NO4S2/c9-7(10,11)20-18-16-15(6-4-2-1-3-5-6)17-19-21-8(12,13)14/h1-5H. The average molecular weight is 357 g/mol. The summed E-state index contributed by atoms with van der Waals surface area (Å²) in [5.41, 5.74) is -9.63. The summed E-state index contributed by atoms with van der Waals surface area (Å²) in [4.78, 5) is 8.13. The molecule has 0 saturated heterocycles. The van der Waals surface area contributed by atoms with E-state index in [1.54, 1.807) is 6.07 Å². The van der Waals surface area contributed by atoms with Crippen LogP contribution >= 0.6 is 24.1 Å². The summed E-state index contributed by atoms with van der Waals surface area (Å²) >= 11 is -2.07. The van der Waals surface area contributed by atoms with Gasteiger partial charge < -0.3 is 0 Å². The van der Waals surface area contributed by atoms with Crippen molar-refractivity contribution in [3.8, 4) is 0 Å². The number of nitrogens with zero attached hydrogens (tertiary/aromatic N) is 1. The van der Waals surface area contributed by atoms with Crippen LogP contribution in [0.1, 0.15) is 0 Å². The van der Waals surface area contributed by atoms with Crippen molar-refractivity contribution in [1.82, 2.24) is 0 Å². The summed E-state index contributed by atoms with van der Waals surface area (Å²) in [5.74, 6) is 0. The normalized spacial score (nSPS) is 12.5. The molecule has 1 rings (SSSR count). The molecule has 0 unspecified atom stereocenters. The third kappa shape index (κ3) is 8.90. The molecule has 0 aliphatic rings. The smallest absolute Gasteiger partial charge is 0.158 e. The number of anilines is 1. The van der Waals surface area contributed by atoms with E-state index in [0.29, 0.717) is 0 Å². The second-order valence-corrected chi connectivity index (χ2v) is 4.47. The van der Waals surface area contributed by atoms with E-state index in [1.165, 1.54) is 24.3 Å². The van der Waals surface area contributed by atoms with Gasteiger partial charge in [-0.1, -0.05) is 33.4 Å². The van der Waals surface area contributed by atoms with Gasteiger partial charge in [-0.2, -0.15) is 26.3 Å². The van der Waals surface area contributed by atoms with Gasteiger partial charge in [0.15, 0.2) is 0 Å². The van der Waals surface area contributed by atoms with Crippen LogP contribution in [0.4, 0.5) is 32.0 Å². The minimum absolute atomic E-state index is 0.0805. The highest BCUT2D eigenvalue weighted by Gasteiger charge is 2.33. The summed E-state index contributed by atoms with van der Waals surface area (Å²) in [6, 6.07) is 6.89. The molecule has 1 aromatic carbocycles. The molecule has 0 saturated carbocycles. The van der Waals surface area contributed by atoms with Crippen molar-refractivity contribution >= 4 is 29.8 Å². The first kappa shape index (κ1) is 18.2. The van der Waals surface area contributed by atoms with Crippen molar-refractivity contribution < 1.29 is 45.0 Å². The van der Waals surface area contributed by atoms with Gasteiger partial charge in [-0.25, -0.2) is 0 Å². The Kier molecular flexibility index (Phi) is 6.89. The van der Waals surface area contributed by atoms with Gasteiger partial charge in [-0.05, 0) is 12.1 Å². The fraction of sp³-hybridized carbons (Fsp3) is 0.250. The topological polar surface area (TPSA) is 40.2 Å². The number of para-hydroxylation sites is 1. The second-order valence-electron chi connectivity index (χ2n) is 2.94. The molecule has 13 heteroatoms. The number of hydrogen-bond acceptors (Lipinski definition) is 7. The first-order valence-electron chi connectivity index (χ1n) is 4.71. The number of hydrogen-bond donors (Lipinski definition) is 0. The fourth-order valence-electron chi connectivity index (χ4n) is 0.811. The Morgan fingerprint density at radius 2 is 1.19 bits per heavy atom. The molecule has 0 spiro atoms. The van der Waals surface area contributed by atoms with Crippen molar-refractivity contribution in [3.63, 3.8) is 0 Å². The monoisotopic (exact) mass is 357 g/mol. The molecule has 0 aliphatic carbocycles. The molecule has 0 heterocycles. The van der Waals surface area contributed by atoms with E-state index in [2.05, 4.69) is 18.6 Å². The summed E-state index contributed by atoms with van der Waals surface area (Å²) in [6.07, 6.45) is 0. The first-order chi connectivity index (χ1) is 9.67. The molecule has 0 radical (unpaired) electrons. The Morgan fingerprint density at radius 1 is 0.762 bits per heavy atom.